The number of nitrogens with one attached hydrogen (secondary N) is 1. The van der Waals surface area contributed by atoms with E-state index in [-0.39, 0.29) is 4.87 Å². The Morgan fingerprint density at radius 3 is 2.60 bits per heavy atom. The van der Waals surface area contributed by atoms with Gasteiger partial charge in [-0.15, -0.1) is 0 Å². The second kappa shape index (κ2) is 4.49. The molecule has 0 saturated carbocycles. The van der Waals surface area contributed by atoms with Crippen molar-refractivity contribution in [1.82, 2.24) is 4.98 Å². The zero-order valence-electron chi connectivity index (χ0n) is 8.72. The average Bonchev–Trinajstić information content (AvgIpc) is 2.43. The molecule has 0 unspecified atom stereocenters. The van der Waals surface area contributed by atoms with E-state index in [1.54, 1.807) is 20.8 Å². The molecule has 0 spiro atoms. The summed E-state index contributed by atoms with van der Waals surface area (Å²) in [7, 11) is 0. The maximum Gasteiger partial charge on any atom is 0.350 e. The number of aromatic amines is 1. The van der Waals surface area contributed by atoms with Crippen molar-refractivity contribution in [2.24, 2.45) is 0 Å². The molecule has 0 amide bonds. The number of rotatable bonds is 2. The third-order valence-corrected chi connectivity index (χ3v) is 2.91. The Balaban J connectivity index is 2.96. The van der Waals surface area contributed by atoms with Gasteiger partial charge in [0.15, 0.2) is 0 Å². The summed E-state index contributed by atoms with van der Waals surface area (Å²) < 4.78 is 5.17. The topological polar surface area (TPSA) is 59.2 Å². The molecule has 1 heterocycles. The number of esters is 1. The standard InChI is InChI=1S/C9H12BrNO3S/c1-9(2,3)14-7(12)6-5(4-10)11-8(13)15-6/h4H2,1-3H3,(H,11,13). The van der Waals surface area contributed by atoms with Gasteiger partial charge in [-0.3, -0.25) is 4.79 Å². The molecule has 0 fully saturated rings. The van der Waals surface area contributed by atoms with E-state index in [1.807, 2.05) is 0 Å². The van der Waals surface area contributed by atoms with Gasteiger partial charge in [-0.2, -0.15) is 0 Å². The third kappa shape index (κ3) is 3.46. The van der Waals surface area contributed by atoms with E-state index in [2.05, 4.69) is 20.9 Å². The summed E-state index contributed by atoms with van der Waals surface area (Å²) in [6.07, 6.45) is 0. The van der Waals surface area contributed by atoms with E-state index in [1.165, 1.54) is 0 Å². The predicted molar refractivity (Wildman–Crippen MR) is 62.7 cm³/mol. The highest BCUT2D eigenvalue weighted by Gasteiger charge is 2.22. The van der Waals surface area contributed by atoms with Gasteiger partial charge in [-0.1, -0.05) is 27.3 Å². The van der Waals surface area contributed by atoms with Crippen LogP contribution in [0.3, 0.4) is 0 Å². The number of thiazole rings is 1. The smallest absolute Gasteiger partial charge is 0.350 e. The largest absolute Gasteiger partial charge is 0.456 e. The maximum absolute atomic E-state index is 11.7. The second-order valence-corrected chi connectivity index (χ2v) is 5.50. The molecular formula is C9H12BrNO3S. The molecule has 1 N–H and O–H groups in total. The zero-order chi connectivity index (χ0) is 11.6. The van der Waals surface area contributed by atoms with Crippen LogP contribution in [0.4, 0.5) is 0 Å². The lowest BCUT2D eigenvalue weighted by Gasteiger charge is -2.18. The molecule has 6 heteroatoms. The number of ether oxygens (including phenoxy) is 1. The molecule has 4 nitrogen and oxygen atoms in total. The van der Waals surface area contributed by atoms with Crippen molar-refractivity contribution in [3.63, 3.8) is 0 Å². The van der Waals surface area contributed by atoms with Gasteiger partial charge >= 0.3 is 10.8 Å². The minimum Gasteiger partial charge on any atom is -0.456 e. The van der Waals surface area contributed by atoms with E-state index >= 15 is 0 Å². The number of hydrogen-bond donors (Lipinski definition) is 1. The first-order chi connectivity index (χ1) is 6.83. The summed E-state index contributed by atoms with van der Waals surface area (Å²) in [6.45, 7) is 5.36. The fourth-order valence-electron chi connectivity index (χ4n) is 0.943. The predicted octanol–water partition coefficient (Wildman–Crippen LogP) is 2.29. The Hall–Kier alpha value is -0.620. The molecule has 0 aliphatic heterocycles. The minimum atomic E-state index is -0.548. The Morgan fingerprint density at radius 1 is 1.53 bits per heavy atom. The molecule has 84 valence electrons. The molecule has 1 aromatic rings. The molecule has 0 aliphatic rings. The Bertz CT molecular complexity index is 416. The Labute approximate surface area is 99.8 Å². The summed E-state index contributed by atoms with van der Waals surface area (Å²) in [5.41, 5.74) is 0.0208. The first-order valence-electron chi connectivity index (χ1n) is 4.35. The van der Waals surface area contributed by atoms with Crippen LogP contribution in [0.2, 0.25) is 0 Å². The van der Waals surface area contributed by atoms with Crippen LogP contribution in [0.25, 0.3) is 0 Å². The third-order valence-electron chi connectivity index (χ3n) is 1.44. The van der Waals surface area contributed by atoms with Crippen molar-refractivity contribution in [2.75, 3.05) is 0 Å². The lowest BCUT2D eigenvalue weighted by molar-refractivity contribution is 0.00742. The van der Waals surface area contributed by atoms with Crippen molar-refractivity contribution in [3.8, 4) is 0 Å². The highest BCUT2D eigenvalue weighted by atomic mass is 79.9. The van der Waals surface area contributed by atoms with Gasteiger partial charge in [-0.05, 0) is 20.8 Å². The normalized spacial score (nSPS) is 11.5. The average molecular weight is 294 g/mol. The molecule has 0 bridgehead atoms. The maximum atomic E-state index is 11.7. The van der Waals surface area contributed by atoms with Gasteiger partial charge in [0.1, 0.15) is 10.5 Å². The number of aromatic nitrogens is 1. The van der Waals surface area contributed by atoms with Crippen molar-refractivity contribution in [2.45, 2.75) is 31.7 Å². The summed E-state index contributed by atoms with van der Waals surface area (Å²) in [4.78, 5) is 25.4. The van der Waals surface area contributed by atoms with Crippen LogP contribution in [-0.4, -0.2) is 16.6 Å². The van der Waals surface area contributed by atoms with Crippen LogP contribution in [0.5, 0.6) is 0 Å². The monoisotopic (exact) mass is 293 g/mol. The Morgan fingerprint density at radius 2 is 2.13 bits per heavy atom. The van der Waals surface area contributed by atoms with Gasteiger partial charge in [-0.25, -0.2) is 4.79 Å². The van der Waals surface area contributed by atoms with Crippen molar-refractivity contribution < 1.29 is 9.53 Å². The van der Waals surface area contributed by atoms with Crippen LogP contribution in [-0.2, 0) is 10.1 Å². The SMILES string of the molecule is CC(C)(C)OC(=O)c1sc(=O)[nH]c1CBr. The molecule has 0 aromatic carbocycles. The molecule has 1 rings (SSSR count). The zero-order valence-corrected chi connectivity index (χ0v) is 11.1. The molecule has 0 saturated heterocycles. The number of alkyl halides is 1. The summed E-state index contributed by atoms with van der Waals surface area (Å²) >= 11 is 4.07. The second-order valence-electron chi connectivity index (χ2n) is 3.96. The number of H-pyrrole nitrogens is 1. The van der Waals surface area contributed by atoms with Gasteiger partial charge in [0.25, 0.3) is 0 Å². The number of carbonyl (C=O) groups is 1. The quantitative estimate of drug-likeness (QED) is 0.672. The van der Waals surface area contributed by atoms with E-state index < -0.39 is 11.6 Å². The Kier molecular flexibility index (Phi) is 3.72. The lowest BCUT2D eigenvalue weighted by Crippen LogP contribution is -2.23. The van der Waals surface area contributed by atoms with Gasteiger partial charge in [0.2, 0.25) is 0 Å². The summed E-state index contributed by atoms with van der Waals surface area (Å²) in [5, 5.41) is 0.431. The fraction of sp³-hybridized carbons (Fsp3) is 0.556. The summed E-state index contributed by atoms with van der Waals surface area (Å²) in [5.74, 6) is -0.458. The van der Waals surface area contributed by atoms with Crippen LogP contribution >= 0.6 is 27.3 Å². The first kappa shape index (κ1) is 12.4. The van der Waals surface area contributed by atoms with E-state index in [0.29, 0.717) is 15.9 Å². The van der Waals surface area contributed by atoms with E-state index in [9.17, 15) is 9.59 Å². The van der Waals surface area contributed by atoms with E-state index in [4.69, 9.17) is 4.74 Å². The lowest BCUT2D eigenvalue weighted by atomic mass is 10.2. The van der Waals surface area contributed by atoms with E-state index in [0.717, 1.165) is 11.3 Å². The van der Waals surface area contributed by atoms with Crippen LogP contribution in [0, 0.1) is 0 Å². The van der Waals surface area contributed by atoms with Crippen molar-refractivity contribution in [1.29, 1.82) is 0 Å². The van der Waals surface area contributed by atoms with Crippen LogP contribution < -0.4 is 4.87 Å². The highest BCUT2D eigenvalue weighted by Crippen LogP contribution is 2.17. The number of hydrogen-bond acceptors (Lipinski definition) is 4. The van der Waals surface area contributed by atoms with Crippen LogP contribution in [0.15, 0.2) is 4.79 Å². The molecule has 1 aromatic heterocycles. The van der Waals surface area contributed by atoms with Gasteiger partial charge in [0, 0.05) is 5.33 Å². The van der Waals surface area contributed by atoms with Gasteiger partial charge in [0.05, 0.1) is 5.69 Å². The molecule has 15 heavy (non-hydrogen) atoms. The molecule has 0 atom stereocenters. The first-order valence-corrected chi connectivity index (χ1v) is 6.28. The molecule has 0 radical (unpaired) electrons. The minimum absolute atomic E-state index is 0.245. The van der Waals surface area contributed by atoms with Crippen molar-refractivity contribution in [3.05, 3.63) is 20.2 Å². The molecule has 0 aliphatic carbocycles. The molecular weight excluding hydrogens is 282 g/mol. The summed E-state index contributed by atoms with van der Waals surface area (Å²) in [6, 6.07) is 0. The highest BCUT2D eigenvalue weighted by molar-refractivity contribution is 9.08. The van der Waals surface area contributed by atoms with Crippen molar-refractivity contribution >= 4 is 33.2 Å². The van der Waals surface area contributed by atoms with Crippen LogP contribution in [0.1, 0.15) is 36.1 Å². The fourth-order valence-corrected chi connectivity index (χ4v) is 2.28. The number of halogens is 1. The number of carbonyl (C=O) groups excluding carboxylic acids is 1. The van der Waals surface area contributed by atoms with Gasteiger partial charge < -0.3 is 9.72 Å².